The summed E-state index contributed by atoms with van der Waals surface area (Å²) in [5.41, 5.74) is 1.86. The van der Waals surface area contributed by atoms with Crippen LogP contribution in [0.3, 0.4) is 0 Å². The highest BCUT2D eigenvalue weighted by Gasteiger charge is 2.26. The number of hydrogen-bond donors (Lipinski definition) is 2. The Morgan fingerprint density at radius 2 is 1.86 bits per heavy atom. The molecule has 1 aromatic carbocycles. The molecule has 0 saturated heterocycles. The minimum Gasteiger partial charge on any atom is -0.450 e. The van der Waals surface area contributed by atoms with E-state index < -0.39 is 6.09 Å². The number of rotatable bonds is 4. The number of amides is 1. The number of ether oxygens (including phenoxy) is 1. The molecule has 1 aliphatic carbocycles. The zero-order chi connectivity index (χ0) is 15.2. The van der Waals surface area contributed by atoms with Crippen molar-refractivity contribution in [2.24, 2.45) is 11.8 Å². The Balaban J connectivity index is 1.91. The molecule has 2 N–H and O–H groups in total. The van der Waals surface area contributed by atoms with Crippen molar-refractivity contribution >= 4 is 17.5 Å². The van der Waals surface area contributed by atoms with Gasteiger partial charge < -0.3 is 10.1 Å². The van der Waals surface area contributed by atoms with Gasteiger partial charge in [0.05, 0.1) is 6.61 Å². The van der Waals surface area contributed by atoms with Gasteiger partial charge >= 0.3 is 6.09 Å². The van der Waals surface area contributed by atoms with Crippen LogP contribution in [0, 0.1) is 11.8 Å². The van der Waals surface area contributed by atoms with E-state index >= 15 is 0 Å². The molecule has 1 saturated carbocycles. The quantitative estimate of drug-likeness (QED) is 0.859. The van der Waals surface area contributed by atoms with Crippen molar-refractivity contribution in [2.75, 3.05) is 17.2 Å². The highest BCUT2D eigenvalue weighted by Crippen LogP contribution is 2.31. The average molecular weight is 290 g/mol. The van der Waals surface area contributed by atoms with Crippen LogP contribution in [-0.2, 0) is 4.74 Å². The van der Waals surface area contributed by atoms with Crippen molar-refractivity contribution in [1.29, 1.82) is 0 Å². The van der Waals surface area contributed by atoms with Gasteiger partial charge in [-0.3, -0.25) is 5.32 Å². The van der Waals surface area contributed by atoms with Gasteiger partial charge in [0.25, 0.3) is 0 Å². The minimum atomic E-state index is -0.409. The first kappa shape index (κ1) is 15.7. The molecule has 1 aromatic rings. The monoisotopic (exact) mass is 290 g/mol. The van der Waals surface area contributed by atoms with Crippen LogP contribution < -0.4 is 10.6 Å². The number of carbonyl (C=O) groups excluding carboxylic acids is 1. The summed E-state index contributed by atoms with van der Waals surface area (Å²) in [6, 6.07) is 8.35. The van der Waals surface area contributed by atoms with Crippen LogP contribution >= 0.6 is 0 Å². The third-order valence-electron chi connectivity index (χ3n) is 4.47. The summed E-state index contributed by atoms with van der Waals surface area (Å²) in [7, 11) is 0. The highest BCUT2D eigenvalue weighted by atomic mass is 16.5. The lowest BCUT2D eigenvalue weighted by Gasteiger charge is -2.35. The fraction of sp³-hybridized carbons (Fsp3) is 0.588. The molecule has 21 heavy (non-hydrogen) atoms. The molecule has 0 radical (unpaired) electrons. The lowest BCUT2D eigenvalue weighted by atomic mass is 9.78. The maximum atomic E-state index is 11.3. The summed E-state index contributed by atoms with van der Waals surface area (Å²) < 4.78 is 4.86. The summed E-state index contributed by atoms with van der Waals surface area (Å²) in [5.74, 6) is 1.47. The van der Waals surface area contributed by atoms with E-state index in [1.807, 2.05) is 24.3 Å². The third-order valence-corrected chi connectivity index (χ3v) is 4.47. The van der Waals surface area contributed by atoms with Crippen LogP contribution in [0.4, 0.5) is 16.2 Å². The summed E-state index contributed by atoms with van der Waals surface area (Å²) in [5, 5.41) is 6.32. The molecule has 0 bridgehead atoms. The molecule has 4 heteroatoms. The molecule has 0 heterocycles. The van der Waals surface area contributed by atoms with Gasteiger partial charge in [-0.15, -0.1) is 0 Å². The van der Waals surface area contributed by atoms with Crippen LogP contribution in [-0.4, -0.2) is 18.7 Å². The van der Waals surface area contributed by atoms with E-state index in [9.17, 15) is 4.79 Å². The Morgan fingerprint density at radius 3 is 2.52 bits per heavy atom. The van der Waals surface area contributed by atoms with E-state index in [0.717, 1.165) is 17.3 Å². The number of benzene rings is 1. The normalized spacial score (nSPS) is 25.2. The predicted molar refractivity (Wildman–Crippen MR) is 86.7 cm³/mol. The van der Waals surface area contributed by atoms with Crippen LogP contribution in [0.5, 0.6) is 0 Å². The lowest BCUT2D eigenvalue weighted by Crippen LogP contribution is -2.34. The van der Waals surface area contributed by atoms with E-state index in [4.69, 9.17) is 4.74 Å². The standard InChI is InChI=1S/C17H26N2O2/c1-4-21-17(20)19-15-10-8-14(9-11-15)18-16-7-5-6-12(2)13(16)3/h8-13,16,18H,4-7H2,1-3H3,(H,19,20). The molecule has 116 valence electrons. The maximum Gasteiger partial charge on any atom is 0.411 e. The maximum absolute atomic E-state index is 11.3. The zero-order valence-corrected chi connectivity index (χ0v) is 13.2. The van der Waals surface area contributed by atoms with E-state index in [-0.39, 0.29) is 0 Å². The van der Waals surface area contributed by atoms with E-state index in [2.05, 4.69) is 24.5 Å². The fourth-order valence-corrected chi connectivity index (χ4v) is 2.93. The van der Waals surface area contributed by atoms with E-state index in [1.165, 1.54) is 19.3 Å². The average Bonchev–Trinajstić information content (AvgIpc) is 2.46. The largest absolute Gasteiger partial charge is 0.450 e. The SMILES string of the molecule is CCOC(=O)Nc1ccc(NC2CCCC(C)C2C)cc1. The first-order valence-electron chi connectivity index (χ1n) is 7.90. The Labute approximate surface area is 127 Å². The minimum absolute atomic E-state index is 0.378. The number of anilines is 2. The van der Waals surface area contributed by atoms with Crippen LogP contribution in [0.15, 0.2) is 24.3 Å². The molecule has 3 unspecified atom stereocenters. The second-order valence-electron chi connectivity index (χ2n) is 5.94. The number of nitrogens with one attached hydrogen (secondary N) is 2. The van der Waals surface area contributed by atoms with Crippen molar-refractivity contribution in [1.82, 2.24) is 0 Å². The molecular weight excluding hydrogens is 264 g/mol. The summed E-state index contributed by atoms with van der Waals surface area (Å²) in [4.78, 5) is 11.3. The first-order valence-corrected chi connectivity index (χ1v) is 7.90. The van der Waals surface area contributed by atoms with Crippen LogP contribution in [0.2, 0.25) is 0 Å². The fourth-order valence-electron chi connectivity index (χ4n) is 2.93. The smallest absolute Gasteiger partial charge is 0.411 e. The van der Waals surface area contributed by atoms with E-state index in [0.29, 0.717) is 18.6 Å². The summed E-state index contributed by atoms with van der Waals surface area (Å²) in [6.45, 7) is 6.84. The summed E-state index contributed by atoms with van der Waals surface area (Å²) in [6.07, 6.45) is 3.45. The Hall–Kier alpha value is -1.71. The van der Waals surface area contributed by atoms with Crippen molar-refractivity contribution < 1.29 is 9.53 Å². The second-order valence-corrected chi connectivity index (χ2v) is 5.94. The van der Waals surface area contributed by atoms with E-state index in [1.54, 1.807) is 6.92 Å². The summed E-state index contributed by atoms with van der Waals surface area (Å²) >= 11 is 0. The van der Waals surface area contributed by atoms with Gasteiger partial charge in [0.15, 0.2) is 0 Å². The van der Waals surface area contributed by atoms with Gasteiger partial charge in [0.1, 0.15) is 0 Å². The number of carbonyl (C=O) groups is 1. The van der Waals surface area contributed by atoms with Gasteiger partial charge in [0, 0.05) is 17.4 Å². The van der Waals surface area contributed by atoms with Crippen molar-refractivity contribution in [3.8, 4) is 0 Å². The number of hydrogen-bond acceptors (Lipinski definition) is 3. The van der Waals surface area contributed by atoms with Crippen molar-refractivity contribution in [3.63, 3.8) is 0 Å². The van der Waals surface area contributed by atoms with Crippen molar-refractivity contribution in [2.45, 2.75) is 46.1 Å². The molecule has 0 spiro atoms. The topological polar surface area (TPSA) is 50.4 Å². The van der Waals surface area contributed by atoms with Crippen molar-refractivity contribution in [3.05, 3.63) is 24.3 Å². The molecule has 0 aromatic heterocycles. The van der Waals surface area contributed by atoms with Crippen LogP contribution in [0.25, 0.3) is 0 Å². The second kappa shape index (κ2) is 7.34. The molecule has 2 rings (SSSR count). The Morgan fingerprint density at radius 1 is 1.19 bits per heavy atom. The lowest BCUT2D eigenvalue weighted by molar-refractivity contribution is 0.168. The van der Waals surface area contributed by atoms with Crippen LogP contribution in [0.1, 0.15) is 40.0 Å². The van der Waals surface area contributed by atoms with Gasteiger partial charge in [-0.25, -0.2) is 4.79 Å². The molecule has 3 atom stereocenters. The Bertz CT molecular complexity index is 458. The molecular formula is C17H26N2O2. The Kier molecular flexibility index (Phi) is 5.48. The molecule has 1 fully saturated rings. The molecule has 1 aliphatic rings. The van der Waals surface area contributed by atoms with Gasteiger partial charge in [-0.05, 0) is 49.4 Å². The highest BCUT2D eigenvalue weighted by molar-refractivity contribution is 5.84. The van der Waals surface area contributed by atoms with Gasteiger partial charge in [-0.1, -0.05) is 26.7 Å². The molecule has 1 amide bonds. The first-order chi connectivity index (χ1) is 10.1. The molecule has 4 nitrogen and oxygen atoms in total. The van der Waals surface area contributed by atoms with Gasteiger partial charge in [-0.2, -0.15) is 0 Å². The van der Waals surface area contributed by atoms with Gasteiger partial charge in [0.2, 0.25) is 0 Å². The molecule has 0 aliphatic heterocycles. The zero-order valence-electron chi connectivity index (χ0n) is 13.2. The predicted octanol–water partition coefficient (Wildman–Crippen LogP) is 4.49. The third kappa shape index (κ3) is 4.38.